The fourth-order valence-corrected chi connectivity index (χ4v) is 1.38. The van der Waals surface area contributed by atoms with Crippen LogP contribution >= 0.6 is 0 Å². The SMILES string of the molecule is CN(C)C(C)(C)CNCC(=O)Nc1ccc(F)cc1. The predicted octanol–water partition coefficient (Wildman–Crippen LogP) is 1.69. The maximum atomic E-state index is 12.7. The quantitative estimate of drug-likeness (QED) is 0.824. The number of rotatable bonds is 6. The van der Waals surface area contributed by atoms with E-state index >= 15 is 0 Å². The van der Waals surface area contributed by atoms with Gasteiger partial charge in [0.15, 0.2) is 0 Å². The first kappa shape index (κ1) is 15.6. The van der Waals surface area contributed by atoms with Crippen molar-refractivity contribution in [3.8, 4) is 0 Å². The van der Waals surface area contributed by atoms with Gasteiger partial charge < -0.3 is 15.5 Å². The molecule has 0 spiro atoms. The van der Waals surface area contributed by atoms with Gasteiger partial charge in [-0.3, -0.25) is 4.79 Å². The molecule has 19 heavy (non-hydrogen) atoms. The Morgan fingerprint density at radius 3 is 2.37 bits per heavy atom. The van der Waals surface area contributed by atoms with E-state index in [1.54, 1.807) is 0 Å². The largest absolute Gasteiger partial charge is 0.325 e. The molecule has 0 aliphatic rings. The van der Waals surface area contributed by atoms with E-state index in [0.717, 1.165) is 0 Å². The van der Waals surface area contributed by atoms with Crippen molar-refractivity contribution >= 4 is 11.6 Å². The Bertz CT molecular complexity index is 415. The number of carbonyl (C=O) groups is 1. The van der Waals surface area contributed by atoms with Crippen molar-refractivity contribution in [3.63, 3.8) is 0 Å². The van der Waals surface area contributed by atoms with Crippen LogP contribution in [-0.4, -0.2) is 43.5 Å². The highest BCUT2D eigenvalue weighted by Gasteiger charge is 2.19. The minimum absolute atomic E-state index is 0.0177. The van der Waals surface area contributed by atoms with Crippen molar-refractivity contribution in [2.45, 2.75) is 19.4 Å². The first-order valence-electron chi connectivity index (χ1n) is 6.25. The van der Waals surface area contributed by atoms with E-state index in [1.165, 1.54) is 24.3 Å². The Morgan fingerprint density at radius 2 is 1.84 bits per heavy atom. The van der Waals surface area contributed by atoms with Gasteiger partial charge in [0.1, 0.15) is 5.82 Å². The molecule has 1 rings (SSSR count). The van der Waals surface area contributed by atoms with Crippen LogP contribution < -0.4 is 10.6 Å². The number of anilines is 1. The van der Waals surface area contributed by atoms with Crippen molar-refractivity contribution in [1.29, 1.82) is 0 Å². The fourth-order valence-electron chi connectivity index (χ4n) is 1.38. The summed E-state index contributed by atoms with van der Waals surface area (Å²) in [7, 11) is 4.00. The Hall–Kier alpha value is -1.46. The third-order valence-corrected chi connectivity index (χ3v) is 3.18. The summed E-state index contributed by atoms with van der Waals surface area (Å²) in [4.78, 5) is 13.8. The topological polar surface area (TPSA) is 44.4 Å². The molecular weight excluding hydrogens is 245 g/mol. The molecule has 0 radical (unpaired) electrons. The van der Waals surface area contributed by atoms with E-state index < -0.39 is 0 Å². The van der Waals surface area contributed by atoms with Crippen LogP contribution in [0.4, 0.5) is 10.1 Å². The summed E-state index contributed by atoms with van der Waals surface area (Å²) in [6.45, 7) is 5.13. The number of nitrogens with zero attached hydrogens (tertiary/aromatic N) is 1. The number of hydrogen-bond acceptors (Lipinski definition) is 3. The molecule has 106 valence electrons. The second-order valence-corrected chi connectivity index (χ2v) is 5.37. The van der Waals surface area contributed by atoms with Gasteiger partial charge in [0.25, 0.3) is 0 Å². The summed E-state index contributed by atoms with van der Waals surface area (Å²) >= 11 is 0. The average Bonchev–Trinajstić information content (AvgIpc) is 2.31. The zero-order valence-corrected chi connectivity index (χ0v) is 12.0. The van der Waals surface area contributed by atoms with Gasteiger partial charge in [-0.15, -0.1) is 0 Å². The summed E-state index contributed by atoms with van der Waals surface area (Å²) in [5.74, 6) is -0.454. The van der Waals surface area contributed by atoms with Crippen molar-refractivity contribution in [1.82, 2.24) is 10.2 Å². The van der Waals surface area contributed by atoms with Crippen LogP contribution in [0.2, 0.25) is 0 Å². The van der Waals surface area contributed by atoms with E-state index in [4.69, 9.17) is 0 Å². The maximum Gasteiger partial charge on any atom is 0.238 e. The van der Waals surface area contributed by atoms with Gasteiger partial charge in [0, 0.05) is 17.8 Å². The third-order valence-electron chi connectivity index (χ3n) is 3.18. The van der Waals surface area contributed by atoms with Gasteiger partial charge in [-0.05, 0) is 52.2 Å². The number of benzene rings is 1. The molecule has 1 aromatic carbocycles. The lowest BCUT2D eigenvalue weighted by molar-refractivity contribution is -0.115. The van der Waals surface area contributed by atoms with Gasteiger partial charge >= 0.3 is 0 Å². The molecule has 0 unspecified atom stereocenters. The molecule has 0 fully saturated rings. The zero-order chi connectivity index (χ0) is 14.5. The number of amides is 1. The number of hydrogen-bond donors (Lipinski definition) is 2. The van der Waals surface area contributed by atoms with Crippen LogP contribution in [0.15, 0.2) is 24.3 Å². The summed E-state index contributed by atoms with van der Waals surface area (Å²) in [5, 5.41) is 5.81. The van der Waals surface area contributed by atoms with Gasteiger partial charge in [-0.25, -0.2) is 4.39 Å². The standard InChI is InChI=1S/C14H22FN3O/c1-14(2,18(3)4)10-16-9-13(19)17-12-7-5-11(15)6-8-12/h5-8,16H,9-10H2,1-4H3,(H,17,19). The smallest absolute Gasteiger partial charge is 0.238 e. The predicted molar refractivity (Wildman–Crippen MR) is 75.7 cm³/mol. The monoisotopic (exact) mass is 267 g/mol. The summed E-state index contributed by atoms with van der Waals surface area (Å²) in [6.07, 6.45) is 0. The second-order valence-electron chi connectivity index (χ2n) is 5.37. The van der Waals surface area contributed by atoms with Crippen molar-refractivity contribution in [2.75, 3.05) is 32.5 Å². The minimum Gasteiger partial charge on any atom is -0.325 e. The second kappa shape index (κ2) is 6.63. The van der Waals surface area contributed by atoms with Crippen molar-refractivity contribution in [2.24, 2.45) is 0 Å². The van der Waals surface area contributed by atoms with Crippen LogP contribution in [0.25, 0.3) is 0 Å². The Morgan fingerprint density at radius 1 is 1.26 bits per heavy atom. The highest BCUT2D eigenvalue weighted by Crippen LogP contribution is 2.09. The Labute approximate surface area is 114 Å². The normalized spacial score (nSPS) is 11.7. The molecule has 0 aromatic heterocycles. The van der Waals surface area contributed by atoms with E-state index in [2.05, 4.69) is 29.4 Å². The highest BCUT2D eigenvalue weighted by molar-refractivity contribution is 5.92. The Balaban J connectivity index is 2.34. The van der Waals surface area contributed by atoms with Crippen LogP contribution in [0.1, 0.15) is 13.8 Å². The summed E-state index contributed by atoms with van der Waals surface area (Å²) in [6, 6.07) is 5.71. The van der Waals surface area contributed by atoms with Crippen LogP contribution in [0, 0.1) is 5.82 Å². The average molecular weight is 267 g/mol. The molecule has 0 saturated carbocycles. The first-order chi connectivity index (χ1) is 8.81. The number of nitrogens with one attached hydrogen (secondary N) is 2. The fraction of sp³-hybridized carbons (Fsp3) is 0.500. The number of halogens is 1. The lowest BCUT2D eigenvalue weighted by Crippen LogP contribution is -2.48. The highest BCUT2D eigenvalue weighted by atomic mass is 19.1. The molecule has 1 aromatic rings. The lowest BCUT2D eigenvalue weighted by atomic mass is 10.0. The maximum absolute atomic E-state index is 12.7. The lowest BCUT2D eigenvalue weighted by Gasteiger charge is -2.32. The molecule has 5 heteroatoms. The van der Waals surface area contributed by atoms with Crippen LogP contribution in [0.3, 0.4) is 0 Å². The number of carbonyl (C=O) groups excluding carboxylic acids is 1. The van der Waals surface area contributed by atoms with Gasteiger partial charge in [-0.1, -0.05) is 0 Å². The first-order valence-corrected chi connectivity index (χ1v) is 6.25. The number of likely N-dealkylation sites (N-methyl/N-ethyl adjacent to an activating group) is 1. The molecule has 0 bridgehead atoms. The molecule has 4 nitrogen and oxygen atoms in total. The van der Waals surface area contributed by atoms with Gasteiger partial charge in [0.05, 0.1) is 6.54 Å². The zero-order valence-electron chi connectivity index (χ0n) is 12.0. The van der Waals surface area contributed by atoms with E-state index in [-0.39, 0.29) is 23.8 Å². The molecule has 0 heterocycles. The molecular formula is C14H22FN3O. The van der Waals surface area contributed by atoms with Gasteiger partial charge in [0.2, 0.25) is 5.91 Å². The van der Waals surface area contributed by atoms with Crippen LogP contribution in [0.5, 0.6) is 0 Å². The minimum atomic E-state index is -0.316. The molecule has 2 N–H and O–H groups in total. The molecule has 0 aliphatic heterocycles. The van der Waals surface area contributed by atoms with E-state index in [1.807, 2.05) is 14.1 Å². The van der Waals surface area contributed by atoms with Crippen molar-refractivity contribution < 1.29 is 9.18 Å². The van der Waals surface area contributed by atoms with E-state index in [9.17, 15) is 9.18 Å². The molecule has 0 aliphatic carbocycles. The van der Waals surface area contributed by atoms with Crippen molar-refractivity contribution in [3.05, 3.63) is 30.1 Å². The van der Waals surface area contributed by atoms with E-state index in [0.29, 0.717) is 12.2 Å². The molecule has 0 saturated heterocycles. The molecule has 1 amide bonds. The van der Waals surface area contributed by atoms with Crippen LogP contribution in [-0.2, 0) is 4.79 Å². The summed E-state index contributed by atoms with van der Waals surface area (Å²) < 4.78 is 12.7. The molecule has 0 atom stereocenters. The third kappa shape index (κ3) is 5.36. The Kier molecular flexibility index (Phi) is 5.44. The summed E-state index contributed by atoms with van der Waals surface area (Å²) in [5.41, 5.74) is 0.580. The van der Waals surface area contributed by atoms with Gasteiger partial charge in [-0.2, -0.15) is 0 Å².